The number of thiazole rings is 1. The monoisotopic (exact) mass is 304 g/mol. The summed E-state index contributed by atoms with van der Waals surface area (Å²) >= 11 is 1.67. The Labute approximate surface area is 129 Å². The Morgan fingerprint density at radius 1 is 1.29 bits per heavy atom. The second-order valence-electron chi connectivity index (χ2n) is 4.87. The van der Waals surface area contributed by atoms with E-state index in [-0.39, 0.29) is 5.91 Å². The molecule has 0 unspecified atom stereocenters. The van der Waals surface area contributed by atoms with Crippen molar-refractivity contribution in [2.24, 2.45) is 0 Å². The first-order valence-corrected chi connectivity index (χ1v) is 7.72. The van der Waals surface area contributed by atoms with Crippen LogP contribution in [0.5, 0.6) is 5.75 Å². The molecule has 0 aliphatic rings. The Balaban J connectivity index is 1.76. The van der Waals surface area contributed by atoms with Crippen LogP contribution in [0.1, 0.15) is 27.6 Å². The van der Waals surface area contributed by atoms with Crippen molar-refractivity contribution in [3.05, 3.63) is 45.4 Å². The molecule has 1 amide bonds. The molecule has 1 heterocycles. The molecule has 0 atom stereocenters. The number of amides is 1. The second-order valence-corrected chi connectivity index (χ2v) is 6.16. The number of ether oxygens (including phenoxy) is 1. The number of nitrogens with one attached hydrogen (secondary N) is 1. The molecule has 2 rings (SSSR count). The highest BCUT2D eigenvalue weighted by Gasteiger charge is 2.07. The van der Waals surface area contributed by atoms with Crippen LogP contribution in [0.25, 0.3) is 0 Å². The summed E-state index contributed by atoms with van der Waals surface area (Å²) in [5.41, 5.74) is 2.12. The van der Waals surface area contributed by atoms with Crippen LogP contribution in [0.15, 0.2) is 24.3 Å². The highest BCUT2D eigenvalue weighted by atomic mass is 32.1. The predicted octanol–water partition coefficient (Wildman–Crippen LogP) is 3.02. The second kappa shape index (κ2) is 7.22. The van der Waals surface area contributed by atoms with Crippen molar-refractivity contribution < 1.29 is 9.53 Å². The highest BCUT2D eigenvalue weighted by Crippen LogP contribution is 2.17. The van der Waals surface area contributed by atoms with Gasteiger partial charge in [-0.2, -0.15) is 0 Å². The summed E-state index contributed by atoms with van der Waals surface area (Å²) < 4.78 is 5.10. The van der Waals surface area contributed by atoms with Crippen molar-refractivity contribution in [2.45, 2.75) is 33.2 Å². The number of methoxy groups -OCH3 is 1. The van der Waals surface area contributed by atoms with Crippen molar-refractivity contribution in [1.29, 1.82) is 0 Å². The molecule has 2 aromatic rings. The van der Waals surface area contributed by atoms with Crippen molar-refractivity contribution >= 4 is 17.2 Å². The molecule has 0 aliphatic carbocycles. The zero-order valence-electron chi connectivity index (χ0n) is 12.6. The first kappa shape index (κ1) is 15.5. The van der Waals surface area contributed by atoms with E-state index >= 15 is 0 Å². The average molecular weight is 304 g/mol. The molecule has 0 aliphatic heterocycles. The van der Waals surface area contributed by atoms with Crippen molar-refractivity contribution in [2.75, 3.05) is 7.11 Å². The Bertz CT molecular complexity index is 586. The molecule has 0 saturated heterocycles. The number of hydrogen-bond acceptors (Lipinski definition) is 4. The van der Waals surface area contributed by atoms with Crippen LogP contribution >= 0.6 is 11.3 Å². The topological polar surface area (TPSA) is 51.2 Å². The fourth-order valence-corrected chi connectivity index (χ4v) is 2.83. The minimum absolute atomic E-state index is 0.0522. The first-order valence-electron chi connectivity index (χ1n) is 6.91. The molecule has 1 aromatic carbocycles. The van der Waals surface area contributed by atoms with Gasteiger partial charge in [-0.1, -0.05) is 12.1 Å². The standard InChI is InChI=1S/C16H20N2O2S/c1-11-12(2)21-16(18-11)9-8-15(19)17-10-13-4-6-14(20-3)7-5-13/h4-7H,8-10H2,1-3H3,(H,17,19). The third kappa shape index (κ3) is 4.56. The number of aromatic nitrogens is 1. The number of benzene rings is 1. The van der Waals surface area contributed by atoms with Gasteiger partial charge in [0.1, 0.15) is 5.75 Å². The third-order valence-electron chi connectivity index (χ3n) is 3.29. The average Bonchev–Trinajstić information content (AvgIpc) is 2.82. The van der Waals surface area contributed by atoms with E-state index in [1.165, 1.54) is 4.88 Å². The van der Waals surface area contributed by atoms with Crippen LogP contribution in [-0.4, -0.2) is 18.0 Å². The number of carbonyl (C=O) groups is 1. The van der Waals surface area contributed by atoms with E-state index in [1.807, 2.05) is 31.2 Å². The normalized spacial score (nSPS) is 10.4. The van der Waals surface area contributed by atoms with Crippen molar-refractivity contribution in [3.63, 3.8) is 0 Å². The minimum Gasteiger partial charge on any atom is -0.497 e. The summed E-state index contributed by atoms with van der Waals surface area (Å²) in [4.78, 5) is 17.5. The summed E-state index contributed by atoms with van der Waals surface area (Å²) in [5, 5.41) is 3.96. The molecule has 0 spiro atoms. The van der Waals surface area contributed by atoms with Crippen LogP contribution in [-0.2, 0) is 17.8 Å². The Kier molecular flexibility index (Phi) is 5.33. The Morgan fingerprint density at radius 2 is 2.00 bits per heavy atom. The van der Waals surface area contributed by atoms with Gasteiger partial charge in [0.05, 0.1) is 17.8 Å². The number of carbonyl (C=O) groups excluding carboxylic acids is 1. The number of aryl methyl sites for hydroxylation is 3. The van der Waals surface area contributed by atoms with Gasteiger partial charge in [0.25, 0.3) is 0 Å². The highest BCUT2D eigenvalue weighted by molar-refractivity contribution is 7.11. The van der Waals surface area contributed by atoms with Gasteiger partial charge in [-0.15, -0.1) is 11.3 Å². The number of hydrogen-bond donors (Lipinski definition) is 1. The Morgan fingerprint density at radius 3 is 2.57 bits per heavy atom. The SMILES string of the molecule is COc1ccc(CNC(=O)CCc2nc(C)c(C)s2)cc1. The predicted molar refractivity (Wildman–Crippen MR) is 84.7 cm³/mol. The van der Waals surface area contributed by atoms with Gasteiger partial charge in [0, 0.05) is 24.3 Å². The smallest absolute Gasteiger partial charge is 0.220 e. The summed E-state index contributed by atoms with van der Waals surface area (Å²) in [6.07, 6.45) is 1.18. The third-order valence-corrected chi connectivity index (χ3v) is 4.42. The molecule has 1 N–H and O–H groups in total. The maximum absolute atomic E-state index is 11.8. The fourth-order valence-electron chi connectivity index (χ4n) is 1.90. The van der Waals surface area contributed by atoms with E-state index in [2.05, 4.69) is 17.2 Å². The lowest BCUT2D eigenvalue weighted by molar-refractivity contribution is -0.121. The zero-order chi connectivity index (χ0) is 15.2. The number of nitrogens with zero attached hydrogens (tertiary/aromatic N) is 1. The number of rotatable bonds is 6. The van der Waals surface area contributed by atoms with E-state index in [0.29, 0.717) is 19.4 Å². The summed E-state index contributed by atoms with van der Waals surface area (Å²) in [5.74, 6) is 0.871. The zero-order valence-corrected chi connectivity index (χ0v) is 13.4. The summed E-state index contributed by atoms with van der Waals surface area (Å²) in [7, 11) is 1.64. The molecule has 5 heteroatoms. The van der Waals surface area contributed by atoms with E-state index in [9.17, 15) is 4.79 Å². The lowest BCUT2D eigenvalue weighted by Crippen LogP contribution is -2.22. The summed E-state index contributed by atoms with van der Waals surface area (Å²) in [6.45, 7) is 4.60. The van der Waals surface area contributed by atoms with Gasteiger partial charge in [0.2, 0.25) is 5.91 Å². The largest absolute Gasteiger partial charge is 0.497 e. The quantitative estimate of drug-likeness (QED) is 0.892. The summed E-state index contributed by atoms with van der Waals surface area (Å²) in [6, 6.07) is 7.69. The van der Waals surface area contributed by atoms with Crippen LogP contribution in [0.3, 0.4) is 0 Å². The van der Waals surface area contributed by atoms with Crippen LogP contribution in [0, 0.1) is 13.8 Å². The lowest BCUT2D eigenvalue weighted by atomic mass is 10.2. The van der Waals surface area contributed by atoms with E-state index in [4.69, 9.17) is 4.74 Å². The molecule has 1 aromatic heterocycles. The van der Waals surface area contributed by atoms with Crippen molar-refractivity contribution in [3.8, 4) is 5.75 Å². The van der Waals surface area contributed by atoms with Gasteiger partial charge in [-0.05, 0) is 31.5 Å². The Hall–Kier alpha value is -1.88. The molecule has 0 fully saturated rings. The van der Waals surface area contributed by atoms with Gasteiger partial charge in [0.15, 0.2) is 0 Å². The van der Waals surface area contributed by atoms with Crippen LogP contribution in [0.2, 0.25) is 0 Å². The lowest BCUT2D eigenvalue weighted by Gasteiger charge is -2.05. The first-order chi connectivity index (χ1) is 10.1. The maximum Gasteiger partial charge on any atom is 0.220 e. The molecular formula is C16H20N2O2S. The van der Waals surface area contributed by atoms with Gasteiger partial charge in [-0.25, -0.2) is 4.98 Å². The van der Waals surface area contributed by atoms with Crippen molar-refractivity contribution in [1.82, 2.24) is 10.3 Å². The minimum atomic E-state index is 0.0522. The van der Waals surface area contributed by atoms with E-state index < -0.39 is 0 Å². The molecule has 0 bridgehead atoms. The molecule has 112 valence electrons. The fraction of sp³-hybridized carbons (Fsp3) is 0.375. The van der Waals surface area contributed by atoms with E-state index in [0.717, 1.165) is 22.0 Å². The molecule has 21 heavy (non-hydrogen) atoms. The molecular weight excluding hydrogens is 284 g/mol. The van der Waals surface area contributed by atoms with Gasteiger partial charge < -0.3 is 10.1 Å². The van der Waals surface area contributed by atoms with Gasteiger partial charge in [-0.3, -0.25) is 4.79 Å². The molecule has 4 nitrogen and oxygen atoms in total. The maximum atomic E-state index is 11.8. The molecule has 0 radical (unpaired) electrons. The van der Waals surface area contributed by atoms with Crippen LogP contribution < -0.4 is 10.1 Å². The van der Waals surface area contributed by atoms with E-state index in [1.54, 1.807) is 18.4 Å². The van der Waals surface area contributed by atoms with Gasteiger partial charge >= 0.3 is 0 Å². The molecule has 0 saturated carbocycles. The van der Waals surface area contributed by atoms with Crippen LogP contribution in [0.4, 0.5) is 0 Å².